The summed E-state index contributed by atoms with van der Waals surface area (Å²) in [6, 6.07) is 15.3. The van der Waals surface area contributed by atoms with Crippen molar-refractivity contribution in [2.75, 3.05) is 11.4 Å². The third-order valence-corrected chi connectivity index (χ3v) is 6.35. The molecule has 0 unspecified atom stereocenters. The van der Waals surface area contributed by atoms with Crippen LogP contribution in [0.4, 0.5) is 5.69 Å². The number of benzene rings is 2. The summed E-state index contributed by atoms with van der Waals surface area (Å²) < 4.78 is 0. The topological polar surface area (TPSA) is 49.4 Å². The molecule has 1 aliphatic carbocycles. The van der Waals surface area contributed by atoms with Gasteiger partial charge in [0.1, 0.15) is 6.54 Å². The van der Waals surface area contributed by atoms with Gasteiger partial charge in [-0.05, 0) is 48.7 Å². The van der Waals surface area contributed by atoms with E-state index in [9.17, 15) is 9.59 Å². The number of amides is 2. The van der Waals surface area contributed by atoms with Gasteiger partial charge in [-0.3, -0.25) is 14.5 Å². The average Bonchev–Trinajstić information content (AvgIpc) is 3.19. The molecule has 0 spiro atoms. The smallest absolute Gasteiger partial charge is 0.265 e. The first-order chi connectivity index (χ1) is 13.6. The van der Waals surface area contributed by atoms with Gasteiger partial charge in [-0.15, -0.1) is 0 Å². The molecule has 28 heavy (non-hydrogen) atoms. The Kier molecular flexibility index (Phi) is 5.74. The van der Waals surface area contributed by atoms with Gasteiger partial charge in [0.15, 0.2) is 0 Å². The van der Waals surface area contributed by atoms with Gasteiger partial charge in [0.05, 0.1) is 10.6 Å². The monoisotopic (exact) mass is 412 g/mol. The van der Waals surface area contributed by atoms with Crippen molar-refractivity contribution < 1.29 is 9.59 Å². The van der Waals surface area contributed by atoms with Crippen LogP contribution >= 0.6 is 23.4 Å². The van der Waals surface area contributed by atoms with Crippen LogP contribution in [0.5, 0.6) is 0 Å². The average molecular weight is 413 g/mol. The first-order valence-electron chi connectivity index (χ1n) is 9.45. The quantitative estimate of drug-likeness (QED) is 0.728. The lowest BCUT2D eigenvalue weighted by Crippen LogP contribution is -2.45. The molecule has 0 atom stereocenters. The molecule has 6 heteroatoms. The second-order valence-corrected chi connectivity index (χ2v) is 8.59. The molecule has 144 valence electrons. The first kappa shape index (κ1) is 19.1. The SMILES string of the molecule is O=C(CN1C(=O)/C(=C\c2ccc(Cl)cc2)Sc2ccccc21)NC1CCCC1. The highest BCUT2D eigenvalue weighted by molar-refractivity contribution is 8.04. The Labute approximate surface area is 173 Å². The molecular formula is C22H21ClN2O2S. The molecule has 0 saturated heterocycles. The number of carbonyl (C=O) groups excluding carboxylic acids is 2. The van der Waals surface area contributed by atoms with Gasteiger partial charge in [0.2, 0.25) is 5.91 Å². The number of fused-ring (bicyclic) bond motifs is 1. The maximum Gasteiger partial charge on any atom is 0.265 e. The molecule has 4 nitrogen and oxygen atoms in total. The molecule has 2 amide bonds. The summed E-state index contributed by atoms with van der Waals surface area (Å²) in [6.07, 6.45) is 6.20. The Balaban J connectivity index is 1.59. The number of hydrogen-bond acceptors (Lipinski definition) is 3. The van der Waals surface area contributed by atoms with E-state index in [2.05, 4.69) is 5.32 Å². The summed E-state index contributed by atoms with van der Waals surface area (Å²) in [5.74, 6) is -0.256. The zero-order valence-electron chi connectivity index (χ0n) is 15.4. The summed E-state index contributed by atoms with van der Waals surface area (Å²) >= 11 is 7.39. The zero-order chi connectivity index (χ0) is 19.5. The number of para-hydroxylation sites is 1. The Morgan fingerprint density at radius 3 is 2.61 bits per heavy atom. The second-order valence-electron chi connectivity index (χ2n) is 7.07. The molecule has 0 aromatic heterocycles. The van der Waals surface area contributed by atoms with E-state index >= 15 is 0 Å². The maximum atomic E-state index is 13.2. The fourth-order valence-electron chi connectivity index (χ4n) is 3.62. The molecule has 2 aliphatic rings. The lowest BCUT2D eigenvalue weighted by molar-refractivity contribution is -0.122. The highest BCUT2D eigenvalue weighted by Crippen LogP contribution is 2.41. The second kappa shape index (κ2) is 8.41. The van der Waals surface area contributed by atoms with E-state index in [1.807, 2.05) is 42.5 Å². The minimum Gasteiger partial charge on any atom is -0.352 e. The van der Waals surface area contributed by atoms with Crippen LogP contribution in [0.25, 0.3) is 6.08 Å². The fraction of sp³-hybridized carbons (Fsp3) is 0.273. The van der Waals surface area contributed by atoms with Gasteiger partial charge in [-0.25, -0.2) is 0 Å². The van der Waals surface area contributed by atoms with Gasteiger partial charge >= 0.3 is 0 Å². The van der Waals surface area contributed by atoms with E-state index in [1.165, 1.54) is 11.8 Å². The van der Waals surface area contributed by atoms with E-state index in [0.717, 1.165) is 41.8 Å². The first-order valence-corrected chi connectivity index (χ1v) is 10.6. The largest absolute Gasteiger partial charge is 0.352 e. The molecule has 1 fully saturated rings. The molecule has 1 saturated carbocycles. The number of rotatable bonds is 4. The van der Waals surface area contributed by atoms with Crippen molar-refractivity contribution in [1.82, 2.24) is 5.32 Å². The lowest BCUT2D eigenvalue weighted by atomic mass is 10.2. The van der Waals surface area contributed by atoms with Crippen molar-refractivity contribution in [3.63, 3.8) is 0 Å². The Morgan fingerprint density at radius 2 is 1.86 bits per heavy atom. The van der Waals surface area contributed by atoms with Crippen molar-refractivity contribution in [1.29, 1.82) is 0 Å². The van der Waals surface area contributed by atoms with Crippen LogP contribution in [0.2, 0.25) is 5.02 Å². The van der Waals surface area contributed by atoms with E-state index in [-0.39, 0.29) is 24.4 Å². The Hall–Kier alpha value is -2.24. The minimum atomic E-state index is -0.153. The van der Waals surface area contributed by atoms with Crippen molar-refractivity contribution in [2.24, 2.45) is 0 Å². The minimum absolute atomic E-state index is 0.0326. The maximum absolute atomic E-state index is 13.2. The Bertz CT molecular complexity index is 920. The molecule has 1 aliphatic heterocycles. The molecule has 1 heterocycles. The summed E-state index contributed by atoms with van der Waals surface area (Å²) in [6.45, 7) is 0.0326. The van der Waals surface area contributed by atoms with Crippen LogP contribution in [-0.4, -0.2) is 24.4 Å². The van der Waals surface area contributed by atoms with Gasteiger partial charge in [-0.2, -0.15) is 0 Å². The van der Waals surface area contributed by atoms with Gasteiger partial charge < -0.3 is 5.32 Å². The predicted octanol–water partition coefficient (Wildman–Crippen LogP) is 4.88. The molecule has 4 rings (SSSR count). The summed E-state index contributed by atoms with van der Waals surface area (Å²) in [7, 11) is 0. The van der Waals surface area contributed by atoms with Gasteiger partial charge in [0, 0.05) is 16.0 Å². The number of hydrogen-bond donors (Lipinski definition) is 1. The van der Waals surface area contributed by atoms with E-state index in [0.29, 0.717) is 9.93 Å². The molecule has 1 N–H and O–H groups in total. The van der Waals surface area contributed by atoms with Crippen molar-refractivity contribution in [3.8, 4) is 0 Å². The van der Waals surface area contributed by atoms with Crippen molar-refractivity contribution in [3.05, 3.63) is 64.0 Å². The van der Waals surface area contributed by atoms with E-state index in [4.69, 9.17) is 11.6 Å². The highest BCUT2D eigenvalue weighted by atomic mass is 35.5. The molecule has 0 bridgehead atoms. The molecule has 2 aromatic rings. The normalized spacial score (nSPS) is 18.4. The summed E-state index contributed by atoms with van der Waals surface area (Å²) in [5, 5.41) is 3.73. The van der Waals surface area contributed by atoms with Crippen LogP contribution in [0, 0.1) is 0 Å². The fourth-order valence-corrected chi connectivity index (χ4v) is 4.80. The van der Waals surface area contributed by atoms with Crippen LogP contribution in [-0.2, 0) is 9.59 Å². The summed E-state index contributed by atoms with van der Waals surface area (Å²) in [5.41, 5.74) is 1.68. The van der Waals surface area contributed by atoms with Crippen molar-refractivity contribution >= 4 is 46.9 Å². The summed E-state index contributed by atoms with van der Waals surface area (Å²) in [4.78, 5) is 28.9. The number of halogens is 1. The van der Waals surface area contributed by atoms with Crippen LogP contribution in [0.1, 0.15) is 31.2 Å². The van der Waals surface area contributed by atoms with E-state index < -0.39 is 0 Å². The van der Waals surface area contributed by atoms with Crippen molar-refractivity contribution in [2.45, 2.75) is 36.6 Å². The molecule has 2 aromatic carbocycles. The number of thioether (sulfide) groups is 1. The zero-order valence-corrected chi connectivity index (χ0v) is 16.9. The number of nitrogens with zero attached hydrogens (tertiary/aromatic N) is 1. The van der Waals surface area contributed by atoms with Crippen LogP contribution in [0.15, 0.2) is 58.3 Å². The predicted molar refractivity (Wildman–Crippen MR) is 114 cm³/mol. The van der Waals surface area contributed by atoms with Gasteiger partial charge in [0.25, 0.3) is 5.91 Å². The lowest BCUT2D eigenvalue weighted by Gasteiger charge is -2.30. The molecule has 0 radical (unpaired) electrons. The Morgan fingerprint density at radius 1 is 1.14 bits per heavy atom. The van der Waals surface area contributed by atoms with Crippen LogP contribution in [0.3, 0.4) is 0 Å². The number of carbonyl (C=O) groups is 2. The van der Waals surface area contributed by atoms with Gasteiger partial charge in [-0.1, -0.05) is 60.5 Å². The third-order valence-electron chi connectivity index (χ3n) is 5.02. The van der Waals surface area contributed by atoms with Crippen LogP contribution < -0.4 is 10.2 Å². The number of anilines is 1. The van der Waals surface area contributed by atoms with E-state index in [1.54, 1.807) is 17.0 Å². The highest BCUT2D eigenvalue weighted by Gasteiger charge is 2.31. The molecular weight excluding hydrogens is 392 g/mol. The standard InChI is InChI=1S/C22H21ClN2O2S/c23-16-11-9-15(10-12-16)13-20-22(27)25(18-7-3-4-8-19(18)28-20)14-21(26)24-17-5-1-2-6-17/h3-4,7-13,17H,1-2,5-6,14H2,(H,24,26)/b20-13+. The number of nitrogens with one attached hydrogen (secondary N) is 1. The third kappa shape index (κ3) is 4.26.